The molecule has 0 aliphatic carbocycles. The Labute approximate surface area is 221 Å². The molecule has 1 saturated heterocycles. The van der Waals surface area contributed by atoms with Gasteiger partial charge in [0.2, 0.25) is 0 Å². The molecule has 0 saturated carbocycles. The molecule has 0 bridgehead atoms. The van der Waals surface area contributed by atoms with Crippen molar-refractivity contribution < 1.29 is 4.79 Å². The maximum Gasteiger partial charge on any atom is 0.254 e. The van der Waals surface area contributed by atoms with Gasteiger partial charge in [0.05, 0.1) is 0 Å². The van der Waals surface area contributed by atoms with Crippen molar-refractivity contribution in [1.82, 2.24) is 24.5 Å². The van der Waals surface area contributed by atoms with Crippen molar-refractivity contribution in [3.8, 4) is 11.4 Å². The lowest BCUT2D eigenvalue weighted by Gasteiger charge is -2.36. The van der Waals surface area contributed by atoms with E-state index < -0.39 is 0 Å². The number of carbonyl (C=O) groups is 1. The normalized spacial score (nSPS) is 13.6. The number of aryl methyl sites for hydroxylation is 2. The summed E-state index contributed by atoms with van der Waals surface area (Å²) in [4.78, 5) is 26.3. The summed E-state index contributed by atoms with van der Waals surface area (Å²) in [7, 11) is 0. The molecule has 0 atom stereocenters. The van der Waals surface area contributed by atoms with Gasteiger partial charge in [0.1, 0.15) is 5.82 Å². The van der Waals surface area contributed by atoms with E-state index in [-0.39, 0.29) is 5.91 Å². The minimum atomic E-state index is 0.103. The number of nitrogens with one attached hydrogen (secondary N) is 1. The SMILES string of the molecule is Cc1ccc(C(=O)N2CCN(c3ccc(Nc4cc(C)nc5nc(-c6ccccc6)nn45)cc3)CC2)cc1. The predicted octanol–water partition coefficient (Wildman–Crippen LogP) is 5.11. The molecule has 1 fully saturated rings. The molecule has 5 aromatic rings. The quantitative estimate of drug-likeness (QED) is 0.359. The van der Waals surface area contributed by atoms with E-state index in [0.717, 1.165) is 52.7 Å². The number of hydrogen-bond donors (Lipinski definition) is 1. The zero-order chi connectivity index (χ0) is 26.1. The number of anilines is 3. The average Bonchev–Trinajstić information content (AvgIpc) is 3.38. The molecule has 0 spiro atoms. The number of rotatable bonds is 5. The zero-order valence-electron chi connectivity index (χ0n) is 21.5. The molecule has 0 unspecified atom stereocenters. The van der Waals surface area contributed by atoms with Crippen LogP contribution in [0.3, 0.4) is 0 Å². The van der Waals surface area contributed by atoms with Crippen LogP contribution in [0.2, 0.25) is 0 Å². The molecule has 6 rings (SSSR count). The van der Waals surface area contributed by atoms with Gasteiger partial charge in [0, 0.05) is 60.4 Å². The van der Waals surface area contributed by atoms with Gasteiger partial charge in [-0.05, 0) is 50.2 Å². The summed E-state index contributed by atoms with van der Waals surface area (Å²) >= 11 is 0. The van der Waals surface area contributed by atoms with Crippen molar-refractivity contribution in [1.29, 1.82) is 0 Å². The molecule has 2 aromatic heterocycles. The van der Waals surface area contributed by atoms with Crippen LogP contribution in [0, 0.1) is 13.8 Å². The number of hydrogen-bond acceptors (Lipinski definition) is 6. The number of nitrogens with zero attached hydrogens (tertiary/aromatic N) is 6. The van der Waals surface area contributed by atoms with Gasteiger partial charge in [-0.25, -0.2) is 4.98 Å². The fourth-order valence-corrected chi connectivity index (χ4v) is 4.74. The zero-order valence-corrected chi connectivity index (χ0v) is 21.5. The van der Waals surface area contributed by atoms with Crippen molar-refractivity contribution >= 4 is 28.9 Å². The van der Waals surface area contributed by atoms with Crippen molar-refractivity contribution in [2.75, 3.05) is 36.4 Å². The molecule has 1 N–H and O–H groups in total. The van der Waals surface area contributed by atoms with Gasteiger partial charge in [-0.2, -0.15) is 9.50 Å². The van der Waals surface area contributed by atoms with Gasteiger partial charge in [-0.1, -0.05) is 48.0 Å². The first kappa shape index (κ1) is 23.7. The van der Waals surface area contributed by atoms with Crippen LogP contribution in [0.15, 0.2) is 84.9 Å². The number of benzene rings is 3. The highest BCUT2D eigenvalue weighted by atomic mass is 16.2. The Balaban J connectivity index is 1.14. The second-order valence-corrected chi connectivity index (χ2v) is 9.61. The van der Waals surface area contributed by atoms with Crippen LogP contribution < -0.4 is 10.2 Å². The third kappa shape index (κ3) is 4.80. The maximum absolute atomic E-state index is 12.9. The lowest BCUT2D eigenvalue weighted by Crippen LogP contribution is -2.48. The molecular weight excluding hydrogens is 474 g/mol. The molecule has 1 aliphatic rings. The lowest BCUT2D eigenvalue weighted by atomic mass is 10.1. The van der Waals surface area contributed by atoms with Crippen LogP contribution in [-0.4, -0.2) is 56.6 Å². The van der Waals surface area contributed by atoms with Crippen molar-refractivity contribution in [2.45, 2.75) is 13.8 Å². The number of fused-ring (bicyclic) bond motifs is 1. The maximum atomic E-state index is 12.9. The van der Waals surface area contributed by atoms with Gasteiger partial charge in [-0.3, -0.25) is 4.79 Å². The molecule has 3 aromatic carbocycles. The summed E-state index contributed by atoms with van der Waals surface area (Å²) in [5.41, 5.74) is 5.81. The first-order valence-corrected chi connectivity index (χ1v) is 12.8. The second-order valence-electron chi connectivity index (χ2n) is 9.61. The first-order chi connectivity index (χ1) is 18.5. The summed E-state index contributed by atoms with van der Waals surface area (Å²) in [5.74, 6) is 2.10. The van der Waals surface area contributed by atoms with Gasteiger partial charge in [-0.15, -0.1) is 5.10 Å². The second kappa shape index (κ2) is 9.97. The minimum Gasteiger partial charge on any atom is -0.368 e. The Hall–Kier alpha value is -4.72. The van der Waals surface area contributed by atoms with Crippen LogP contribution in [0.5, 0.6) is 0 Å². The molecule has 0 radical (unpaired) electrons. The summed E-state index contributed by atoms with van der Waals surface area (Å²) in [6.45, 7) is 7.00. The van der Waals surface area contributed by atoms with E-state index in [0.29, 0.717) is 24.7 Å². The van der Waals surface area contributed by atoms with Crippen molar-refractivity contribution in [3.05, 3.63) is 102 Å². The predicted molar refractivity (Wildman–Crippen MR) is 150 cm³/mol. The standard InChI is InChI=1S/C30H29N7O/c1-21-8-10-24(11-9-21)29(38)36-18-16-35(17-19-36)26-14-12-25(13-15-26)32-27-20-22(2)31-30-33-28(34-37(27)30)23-6-4-3-5-7-23/h3-15,20,32H,16-19H2,1-2H3. The summed E-state index contributed by atoms with van der Waals surface area (Å²) in [6, 6.07) is 28.0. The molecule has 190 valence electrons. The van der Waals surface area contributed by atoms with Gasteiger partial charge < -0.3 is 15.1 Å². The minimum absolute atomic E-state index is 0.103. The Kier molecular flexibility index (Phi) is 6.21. The molecular formula is C30H29N7O. The largest absolute Gasteiger partial charge is 0.368 e. The summed E-state index contributed by atoms with van der Waals surface area (Å²) < 4.78 is 1.74. The van der Waals surface area contributed by atoms with Crippen molar-refractivity contribution in [2.24, 2.45) is 0 Å². The molecule has 8 nitrogen and oxygen atoms in total. The van der Waals surface area contributed by atoms with E-state index in [1.54, 1.807) is 4.52 Å². The van der Waals surface area contributed by atoms with E-state index in [1.807, 2.05) is 79.4 Å². The number of aromatic nitrogens is 4. The van der Waals surface area contributed by atoms with Crippen LogP contribution in [0.4, 0.5) is 17.2 Å². The highest BCUT2D eigenvalue weighted by Crippen LogP contribution is 2.24. The summed E-state index contributed by atoms with van der Waals surface area (Å²) in [5, 5.41) is 8.17. The van der Waals surface area contributed by atoms with Crippen LogP contribution in [-0.2, 0) is 0 Å². The van der Waals surface area contributed by atoms with Crippen LogP contribution >= 0.6 is 0 Å². The third-order valence-corrected chi connectivity index (χ3v) is 6.84. The van der Waals surface area contributed by atoms with E-state index in [1.165, 1.54) is 0 Å². The van der Waals surface area contributed by atoms with E-state index in [9.17, 15) is 4.79 Å². The molecule has 38 heavy (non-hydrogen) atoms. The number of piperazine rings is 1. The molecule has 1 aliphatic heterocycles. The average molecular weight is 504 g/mol. The van der Waals surface area contributed by atoms with E-state index >= 15 is 0 Å². The number of amides is 1. The smallest absolute Gasteiger partial charge is 0.254 e. The Bertz CT molecular complexity index is 1570. The van der Waals surface area contributed by atoms with Crippen molar-refractivity contribution in [3.63, 3.8) is 0 Å². The molecule has 8 heteroatoms. The summed E-state index contributed by atoms with van der Waals surface area (Å²) in [6.07, 6.45) is 0. The van der Waals surface area contributed by atoms with Gasteiger partial charge in [0.15, 0.2) is 5.82 Å². The molecule has 1 amide bonds. The van der Waals surface area contributed by atoms with Gasteiger partial charge >= 0.3 is 0 Å². The topological polar surface area (TPSA) is 78.7 Å². The highest BCUT2D eigenvalue weighted by Gasteiger charge is 2.22. The number of carbonyl (C=O) groups excluding carboxylic acids is 1. The first-order valence-electron chi connectivity index (χ1n) is 12.8. The monoisotopic (exact) mass is 503 g/mol. The van der Waals surface area contributed by atoms with Crippen LogP contribution in [0.25, 0.3) is 17.2 Å². The molecule has 3 heterocycles. The van der Waals surface area contributed by atoms with Gasteiger partial charge in [0.25, 0.3) is 11.7 Å². The Morgan fingerprint density at radius 3 is 2.24 bits per heavy atom. The van der Waals surface area contributed by atoms with E-state index in [4.69, 9.17) is 5.10 Å². The fraction of sp³-hybridized carbons (Fsp3) is 0.200. The lowest BCUT2D eigenvalue weighted by molar-refractivity contribution is 0.0747. The Morgan fingerprint density at radius 1 is 0.816 bits per heavy atom. The fourth-order valence-electron chi connectivity index (χ4n) is 4.74. The third-order valence-electron chi connectivity index (χ3n) is 6.84. The highest BCUT2D eigenvalue weighted by molar-refractivity contribution is 5.94. The van der Waals surface area contributed by atoms with E-state index in [2.05, 4.69) is 44.5 Å². The van der Waals surface area contributed by atoms with Crippen LogP contribution in [0.1, 0.15) is 21.6 Å². The Morgan fingerprint density at radius 2 is 1.53 bits per heavy atom.